The SMILES string of the molecule is O=C(CCCOc1ccccc1)Nc1ccc(Cl)c([N+](=O)[O-])c1. The van der Waals surface area contributed by atoms with Crippen LogP contribution in [0, 0.1) is 10.1 Å². The number of halogens is 1. The molecular formula is C16H15ClN2O4. The second-order valence-electron chi connectivity index (χ2n) is 4.74. The summed E-state index contributed by atoms with van der Waals surface area (Å²) in [6, 6.07) is 13.5. The van der Waals surface area contributed by atoms with Gasteiger partial charge in [-0.3, -0.25) is 14.9 Å². The highest BCUT2D eigenvalue weighted by Crippen LogP contribution is 2.27. The van der Waals surface area contributed by atoms with E-state index in [1.54, 1.807) is 0 Å². The van der Waals surface area contributed by atoms with Gasteiger partial charge < -0.3 is 10.1 Å². The molecule has 2 rings (SSSR count). The number of rotatable bonds is 7. The summed E-state index contributed by atoms with van der Waals surface area (Å²) in [5, 5.41) is 13.4. The molecule has 0 fully saturated rings. The van der Waals surface area contributed by atoms with Crippen LogP contribution in [0.4, 0.5) is 11.4 Å². The van der Waals surface area contributed by atoms with Crippen LogP contribution in [0.25, 0.3) is 0 Å². The van der Waals surface area contributed by atoms with E-state index in [-0.39, 0.29) is 23.0 Å². The maximum absolute atomic E-state index is 11.8. The Bertz CT molecular complexity index is 692. The van der Waals surface area contributed by atoms with Crippen molar-refractivity contribution in [2.45, 2.75) is 12.8 Å². The fraction of sp³-hybridized carbons (Fsp3) is 0.188. The van der Waals surface area contributed by atoms with Gasteiger partial charge in [0.25, 0.3) is 5.69 Å². The van der Waals surface area contributed by atoms with E-state index in [9.17, 15) is 14.9 Å². The van der Waals surface area contributed by atoms with Crippen molar-refractivity contribution in [3.63, 3.8) is 0 Å². The number of benzene rings is 2. The van der Waals surface area contributed by atoms with Crippen molar-refractivity contribution in [3.05, 3.63) is 63.7 Å². The van der Waals surface area contributed by atoms with Crippen molar-refractivity contribution >= 4 is 28.9 Å². The number of nitro benzene ring substituents is 1. The van der Waals surface area contributed by atoms with Gasteiger partial charge in [-0.15, -0.1) is 0 Å². The molecule has 0 atom stereocenters. The molecule has 0 radical (unpaired) electrons. The van der Waals surface area contributed by atoms with E-state index in [1.165, 1.54) is 18.2 Å². The molecule has 0 bridgehead atoms. The van der Waals surface area contributed by atoms with Gasteiger partial charge in [0, 0.05) is 18.2 Å². The molecule has 6 nitrogen and oxygen atoms in total. The van der Waals surface area contributed by atoms with Gasteiger partial charge in [-0.2, -0.15) is 0 Å². The Balaban J connectivity index is 1.79. The monoisotopic (exact) mass is 334 g/mol. The smallest absolute Gasteiger partial charge is 0.289 e. The van der Waals surface area contributed by atoms with E-state index in [4.69, 9.17) is 16.3 Å². The largest absolute Gasteiger partial charge is 0.494 e. The molecule has 1 N–H and O–H groups in total. The predicted octanol–water partition coefficient (Wildman–Crippen LogP) is 4.05. The highest BCUT2D eigenvalue weighted by atomic mass is 35.5. The molecule has 7 heteroatoms. The van der Waals surface area contributed by atoms with E-state index < -0.39 is 4.92 Å². The molecule has 2 aromatic rings. The minimum atomic E-state index is -0.592. The van der Waals surface area contributed by atoms with Crippen LogP contribution < -0.4 is 10.1 Å². The van der Waals surface area contributed by atoms with Gasteiger partial charge in [-0.05, 0) is 30.7 Å². The number of hydrogen-bond donors (Lipinski definition) is 1. The quantitative estimate of drug-likeness (QED) is 0.470. The number of nitro groups is 1. The van der Waals surface area contributed by atoms with Crippen LogP contribution in [0.15, 0.2) is 48.5 Å². The molecule has 23 heavy (non-hydrogen) atoms. The number of hydrogen-bond acceptors (Lipinski definition) is 4. The average Bonchev–Trinajstić information content (AvgIpc) is 2.54. The van der Waals surface area contributed by atoms with Crippen molar-refractivity contribution in [2.75, 3.05) is 11.9 Å². The molecule has 1 amide bonds. The van der Waals surface area contributed by atoms with Crippen molar-refractivity contribution in [3.8, 4) is 5.75 Å². The van der Waals surface area contributed by atoms with Crippen LogP contribution in [0.5, 0.6) is 5.75 Å². The summed E-state index contributed by atoms with van der Waals surface area (Å²) in [5.74, 6) is 0.513. The number of nitrogens with zero attached hydrogens (tertiary/aromatic N) is 1. The summed E-state index contributed by atoms with van der Waals surface area (Å²) >= 11 is 5.72. The van der Waals surface area contributed by atoms with Crippen LogP contribution in [0.3, 0.4) is 0 Å². The summed E-state index contributed by atoms with van der Waals surface area (Å²) < 4.78 is 5.49. The van der Waals surface area contributed by atoms with E-state index in [0.29, 0.717) is 18.7 Å². The van der Waals surface area contributed by atoms with Gasteiger partial charge in [0.05, 0.1) is 11.5 Å². The first-order valence-corrected chi connectivity index (χ1v) is 7.35. The number of para-hydroxylation sites is 1. The number of carbonyl (C=O) groups excluding carboxylic acids is 1. The van der Waals surface area contributed by atoms with Crippen molar-refractivity contribution in [2.24, 2.45) is 0 Å². The molecule has 0 saturated heterocycles. The van der Waals surface area contributed by atoms with Crippen LogP contribution in [-0.2, 0) is 4.79 Å². The third-order valence-corrected chi connectivity index (χ3v) is 3.31. The molecule has 0 aliphatic carbocycles. The topological polar surface area (TPSA) is 81.5 Å². The zero-order valence-corrected chi connectivity index (χ0v) is 13.0. The van der Waals surface area contributed by atoms with Crippen LogP contribution in [-0.4, -0.2) is 17.4 Å². The van der Waals surface area contributed by atoms with E-state index in [0.717, 1.165) is 5.75 Å². The molecule has 0 saturated carbocycles. The molecule has 120 valence electrons. The normalized spacial score (nSPS) is 10.1. The predicted molar refractivity (Wildman–Crippen MR) is 87.9 cm³/mol. The highest BCUT2D eigenvalue weighted by Gasteiger charge is 2.13. The molecule has 0 aliphatic rings. The highest BCUT2D eigenvalue weighted by molar-refractivity contribution is 6.32. The number of ether oxygens (including phenoxy) is 1. The first-order chi connectivity index (χ1) is 11.1. The Hall–Kier alpha value is -2.60. The van der Waals surface area contributed by atoms with E-state index >= 15 is 0 Å². The van der Waals surface area contributed by atoms with Gasteiger partial charge in [-0.1, -0.05) is 29.8 Å². The standard InChI is InChI=1S/C16H15ClN2O4/c17-14-9-8-12(11-15(14)19(21)22)18-16(20)7-4-10-23-13-5-2-1-3-6-13/h1-3,5-6,8-9,11H,4,7,10H2,(H,18,20). The number of carbonyl (C=O) groups is 1. The Morgan fingerprint density at radius 1 is 1.22 bits per heavy atom. The second-order valence-corrected chi connectivity index (χ2v) is 5.14. The van der Waals surface area contributed by atoms with E-state index in [1.807, 2.05) is 30.3 Å². The van der Waals surface area contributed by atoms with E-state index in [2.05, 4.69) is 5.32 Å². The maximum Gasteiger partial charge on any atom is 0.289 e. The molecule has 0 aliphatic heterocycles. The summed E-state index contributed by atoms with van der Waals surface area (Å²) in [7, 11) is 0. The number of amides is 1. The Morgan fingerprint density at radius 3 is 2.65 bits per heavy atom. The lowest BCUT2D eigenvalue weighted by molar-refractivity contribution is -0.384. The van der Waals surface area contributed by atoms with Crippen LogP contribution in [0.1, 0.15) is 12.8 Å². The lowest BCUT2D eigenvalue weighted by Crippen LogP contribution is -2.13. The van der Waals surface area contributed by atoms with Gasteiger partial charge >= 0.3 is 0 Å². The zero-order chi connectivity index (χ0) is 16.7. The fourth-order valence-electron chi connectivity index (χ4n) is 1.89. The summed E-state index contributed by atoms with van der Waals surface area (Å²) in [6.45, 7) is 0.415. The fourth-order valence-corrected chi connectivity index (χ4v) is 2.08. The van der Waals surface area contributed by atoms with Gasteiger partial charge in [0.2, 0.25) is 5.91 Å². The molecule has 0 heterocycles. The molecule has 0 aromatic heterocycles. The van der Waals surface area contributed by atoms with Gasteiger partial charge in [-0.25, -0.2) is 0 Å². The van der Waals surface area contributed by atoms with Crippen molar-refractivity contribution in [1.29, 1.82) is 0 Å². The summed E-state index contributed by atoms with van der Waals surface area (Å²) in [4.78, 5) is 22.0. The molecular weight excluding hydrogens is 320 g/mol. The zero-order valence-electron chi connectivity index (χ0n) is 12.2. The minimum Gasteiger partial charge on any atom is -0.494 e. The average molecular weight is 335 g/mol. The first kappa shape index (κ1) is 16.8. The number of nitrogens with one attached hydrogen (secondary N) is 1. The van der Waals surface area contributed by atoms with Crippen molar-refractivity contribution < 1.29 is 14.5 Å². The molecule has 0 spiro atoms. The number of anilines is 1. The minimum absolute atomic E-state index is 0.0317. The van der Waals surface area contributed by atoms with Gasteiger partial charge in [0.15, 0.2) is 0 Å². The lowest BCUT2D eigenvalue weighted by atomic mass is 10.2. The summed E-state index contributed by atoms with van der Waals surface area (Å²) in [5.41, 5.74) is 0.104. The molecule has 0 unspecified atom stereocenters. The first-order valence-electron chi connectivity index (χ1n) is 6.98. The molecule has 2 aromatic carbocycles. The maximum atomic E-state index is 11.8. The Morgan fingerprint density at radius 2 is 1.96 bits per heavy atom. The van der Waals surface area contributed by atoms with Crippen LogP contribution in [0.2, 0.25) is 5.02 Å². The second kappa shape index (κ2) is 8.14. The Labute approximate surface area is 138 Å². The Kier molecular flexibility index (Phi) is 5.94. The third kappa shape index (κ3) is 5.27. The van der Waals surface area contributed by atoms with Crippen molar-refractivity contribution in [1.82, 2.24) is 0 Å². The van der Waals surface area contributed by atoms with Crippen LogP contribution >= 0.6 is 11.6 Å². The summed E-state index contributed by atoms with van der Waals surface area (Å²) in [6.07, 6.45) is 0.791. The van der Waals surface area contributed by atoms with Gasteiger partial charge in [0.1, 0.15) is 10.8 Å². The third-order valence-electron chi connectivity index (χ3n) is 2.99. The lowest BCUT2D eigenvalue weighted by Gasteiger charge is -2.07.